The Morgan fingerprint density at radius 1 is 1.38 bits per heavy atom. The molecule has 2 nitrogen and oxygen atoms in total. The molecule has 0 heterocycles. The number of Topliss-reactive ketones (excluding diaryl/α,β-unsaturated/α-hetero) is 1. The summed E-state index contributed by atoms with van der Waals surface area (Å²) in [5.41, 5.74) is 0.976. The second-order valence-electron chi connectivity index (χ2n) is 4.23. The van der Waals surface area contributed by atoms with Crippen LogP contribution in [0.25, 0.3) is 0 Å². The Hall–Kier alpha value is -1.22. The largest absolute Gasteiger partial charge is 0.373 e. The molecule has 1 rings (SSSR count). The van der Waals surface area contributed by atoms with Crippen molar-refractivity contribution in [2.75, 3.05) is 7.11 Å². The minimum atomic E-state index is -0.468. The number of ether oxygens (including phenoxy) is 1. The highest BCUT2D eigenvalue weighted by atomic mass is 19.1. The third-order valence-electron chi connectivity index (χ3n) is 2.56. The summed E-state index contributed by atoms with van der Waals surface area (Å²) in [5, 5.41) is 0. The molecule has 0 radical (unpaired) electrons. The molecular weight excluding hydrogens is 207 g/mol. The van der Waals surface area contributed by atoms with Crippen LogP contribution in [0.5, 0.6) is 0 Å². The number of halogens is 1. The van der Waals surface area contributed by atoms with Gasteiger partial charge < -0.3 is 4.74 Å². The lowest BCUT2D eigenvalue weighted by Gasteiger charge is -2.18. The molecular formula is C13H17FO2. The zero-order chi connectivity index (χ0) is 12.3. The number of carbonyl (C=O) groups is 1. The Bertz CT molecular complexity index is 386. The van der Waals surface area contributed by atoms with Gasteiger partial charge in [0.2, 0.25) is 0 Å². The number of carbonyl (C=O) groups excluding carboxylic acids is 1. The molecule has 3 heteroatoms. The molecule has 0 aliphatic rings. The molecule has 1 aromatic rings. The molecule has 0 aliphatic carbocycles. The van der Waals surface area contributed by atoms with Gasteiger partial charge in [-0.1, -0.05) is 13.8 Å². The van der Waals surface area contributed by atoms with Crippen LogP contribution in [-0.4, -0.2) is 19.0 Å². The number of benzene rings is 1. The van der Waals surface area contributed by atoms with Crippen molar-refractivity contribution < 1.29 is 13.9 Å². The van der Waals surface area contributed by atoms with Gasteiger partial charge in [-0.2, -0.15) is 0 Å². The first-order valence-corrected chi connectivity index (χ1v) is 5.30. The molecule has 0 spiro atoms. The van der Waals surface area contributed by atoms with Gasteiger partial charge in [0.15, 0.2) is 5.78 Å². The first-order valence-electron chi connectivity index (χ1n) is 5.30. The zero-order valence-electron chi connectivity index (χ0n) is 10.1. The summed E-state index contributed by atoms with van der Waals surface area (Å²) in [7, 11) is 1.51. The summed E-state index contributed by atoms with van der Waals surface area (Å²) in [5.74, 6) is -0.293. The van der Waals surface area contributed by atoms with Gasteiger partial charge in [0.1, 0.15) is 11.9 Å². The van der Waals surface area contributed by atoms with Crippen molar-refractivity contribution in [1.29, 1.82) is 0 Å². The van der Waals surface area contributed by atoms with Gasteiger partial charge in [-0.3, -0.25) is 4.79 Å². The molecule has 1 atom stereocenters. The van der Waals surface area contributed by atoms with Gasteiger partial charge in [0.05, 0.1) is 0 Å². The van der Waals surface area contributed by atoms with E-state index in [1.807, 2.05) is 13.8 Å². The van der Waals surface area contributed by atoms with E-state index in [9.17, 15) is 9.18 Å². The van der Waals surface area contributed by atoms with Crippen LogP contribution < -0.4 is 0 Å². The maximum absolute atomic E-state index is 13.1. The maximum atomic E-state index is 13.1. The molecule has 0 N–H and O–H groups in total. The van der Waals surface area contributed by atoms with Crippen molar-refractivity contribution in [1.82, 2.24) is 0 Å². The predicted molar refractivity (Wildman–Crippen MR) is 61.1 cm³/mol. The summed E-state index contributed by atoms with van der Waals surface area (Å²) in [6.07, 6.45) is -0.468. The van der Waals surface area contributed by atoms with E-state index >= 15 is 0 Å². The maximum Gasteiger partial charge on any atom is 0.191 e. The van der Waals surface area contributed by atoms with Gasteiger partial charge >= 0.3 is 0 Å². The van der Waals surface area contributed by atoms with E-state index < -0.39 is 6.10 Å². The fourth-order valence-corrected chi connectivity index (χ4v) is 1.64. The zero-order valence-corrected chi connectivity index (χ0v) is 10.1. The van der Waals surface area contributed by atoms with Crippen molar-refractivity contribution in [3.05, 3.63) is 35.1 Å². The summed E-state index contributed by atoms with van der Waals surface area (Å²) in [6, 6.07) is 4.38. The lowest BCUT2D eigenvalue weighted by atomic mass is 9.96. The van der Waals surface area contributed by atoms with Crippen molar-refractivity contribution >= 4 is 5.78 Å². The topological polar surface area (TPSA) is 26.3 Å². The Kier molecular flexibility index (Phi) is 4.19. The molecule has 88 valence electrons. The summed E-state index contributed by atoms with van der Waals surface area (Å²) >= 11 is 0. The van der Waals surface area contributed by atoms with Gasteiger partial charge in [0.25, 0.3) is 0 Å². The smallest absolute Gasteiger partial charge is 0.191 e. The predicted octanol–water partition coefficient (Wildman–Crippen LogP) is 2.99. The highest BCUT2D eigenvalue weighted by Crippen LogP contribution is 2.16. The molecule has 1 aromatic carbocycles. The van der Waals surface area contributed by atoms with Crippen LogP contribution in [0.1, 0.15) is 29.8 Å². The van der Waals surface area contributed by atoms with E-state index in [1.54, 1.807) is 13.0 Å². The monoisotopic (exact) mass is 224 g/mol. The van der Waals surface area contributed by atoms with E-state index in [2.05, 4.69) is 0 Å². The highest BCUT2D eigenvalue weighted by molar-refractivity contribution is 5.99. The number of ketones is 1. The van der Waals surface area contributed by atoms with Crippen LogP contribution in [0.3, 0.4) is 0 Å². The molecule has 0 aromatic heterocycles. The van der Waals surface area contributed by atoms with Gasteiger partial charge in [-0.15, -0.1) is 0 Å². The molecule has 0 aliphatic heterocycles. The van der Waals surface area contributed by atoms with Crippen LogP contribution in [0, 0.1) is 18.7 Å². The van der Waals surface area contributed by atoms with Crippen LogP contribution in [-0.2, 0) is 4.74 Å². The van der Waals surface area contributed by atoms with Crippen molar-refractivity contribution in [3.63, 3.8) is 0 Å². The quantitative estimate of drug-likeness (QED) is 0.735. The van der Waals surface area contributed by atoms with Crippen molar-refractivity contribution in [2.45, 2.75) is 26.9 Å². The number of aryl methyl sites for hydroxylation is 1. The molecule has 0 bridgehead atoms. The molecule has 0 saturated heterocycles. The van der Waals surface area contributed by atoms with Crippen LogP contribution in [0.2, 0.25) is 0 Å². The second kappa shape index (κ2) is 5.21. The van der Waals surface area contributed by atoms with E-state index in [0.717, 1.165) is 0 Å². The molecule has 0 fully saturated rings. The SMILES string of the molecule is COC(C(=O)c1ccc(F)c(C)c1)C(C)C. The molecule has 16 heavy (non-hydrogen) atoms. The third-order valence-corrected chi connectivity index (χ3v) is 2.56. The standard InChI is InChI=1S/C13H17FO2/c1-8(2)13(16-4)12(15)10-5-6-11(14)9(3)7-10/h5-8,13H,1-4H3. The minimum Gasteiger partial charge on any atom is -0.373 e. The van der Waals surface area contributed by atoms with Gasteiger partial charge in [-0.25, -0.2) is 4.39 Å². The van der Waals surface area contributed by atoms with E-state index in [-0.39, 0.29) is 17.5 Å². The van der Waals surface area contributed by atoms with E-state index in [0.29, 0.717) is 11.1 Å². The normalized spacial score (nSPS) is 12.9. The highest BCUT2D eigenvalue weighted by Gasteiger charge is 2.23. The average Bonchev–Trinajstić information content (AvgIpc) is 2.22. The van der Waals surface area contributed by atoms with Gasteiger partial charge in [-0.05, 0) is 36.6 Å². The number of rotatable bonds is 4. The number of hydrogen-bond donors (Lipinski definition) is 0. The molecule has 1 unspecified atom stereocenters. The summed E-state index contributed by atoms with van der Waals surface area (Å²) in [4.78, 5) is 12.0. The Morgan fingerprint density at radius 3 is 2.44 bits per heavy atom. The Balaban J connectivity index is 2.99. The van der Waals surface area contributed by atoms with E-state index in [1.165, 1.54) is 19.2 Å². The molecule has 0 amide bonds. The Morgan fingerprint density at radius 2 is 2.00 bits per heavy atom. The van der Waals surface area contributed by atoms with Crippen molar-refractivity contribution in [2.24, 2.45) is 5.92 Å². The minimum absolute atomic E-state index is 0.0967. The third kappa shape index (κ3) is 2.67. The number of hydrogen-bond acceptors (Lipinski definition) is 2. The van der Waals surface area contributed by atoms with Crippen LogP contribution >= 0.6 is 0 Å². The van der Waals surface area contributed by atoms with Crippen molar-refractivity contribution in [3.8, 4) is 0 Å². The average molecular weight is 224 g/mol. The first kappa shape index (κ1) is 12.8. The van der Waals surface area contributed by atoms with Crippen LogP contribution in [0.4, 0.5) is 4.39 Å². The Labute approximate surface area is 95.4 Å². The fraction of sp³-hybridized carbons (Fsp3) is 0.462. The van der Waals surface area contributed by atoms with Gasteiger partial charge in [0, 0.05) is 12.7 Å². The number of methoxy groups -OCH3 is 1. The summed E-state index contributed by atoms with van der Waals surface area (Å²) < 4.78 is 18.2. The van der Waals surface area contributed by atoms with Crippen LogP contribution in [0.15, 0.2) is 18.2 Å². The lowest BCUT2D eigenvalue weighted by Crippen LogP contribution is -2.28. The fourth-order valence-electron chi connectivity index (χ4n) is 1.64. The summed E-state index contributed by atoms with van der Waals surface area (Å²) in [6.45, 7) is 5.48. The lowest BCUT2D eigenvalue weighted by molar-refractivity contribution is 0.0458. The molecule has 0 saturated carbocycles. The van der Waals surface area contributed by atoms with E-state index in [4.69, 9.17) is 4.74 Å². The first-order chi connectivity index (χ1) is 7.47. The second-order valence-corrected chi connectivity index (χ2v) is 4.23.